The van der Waals surface area contributed by atoms with Gasteiger partial charge in [0.15, 0.2) is 4.80 Å². The Hall–Kier alpha value is -3.45. The molecule has 0 aliphatic carbocycles. The SMILES string of the molecule is CCOC(=O)Cn1c(=NC(=O)c2c(OCC)ccc3ccccc23)sc2cc(C)ccc21. The van der Waals surface area contributed by atoms with Gasteiger partial charge in [0.2, 0.25) is 0 Å². The number of carbonyl (C=O) groups excluding carboxylic acids is 2. The lowest BCUT2D eigenvalue weighted by Gasteiger charge is -2.11. The van der Waals surface area contributed by atoms with Crippen molar-refractivity contribution in [2.24, 2.45) is 4.99 Å². The van der Waals surface area contributed by atoms with Crippen LogP contribution in [0.1, 0.15) is 29.8 Å². The van der Waals surface area contributed by atoms with Gasteiger partial charge in [0.25, 0.3) is 5.91 Å². The second kappa shape index (κ2) is 9.36. The summed E-state index contributed by atoms with van der Waals surface area (Å²) in [5, 5.41) is 1.71. The molecule has 6 nitrogen and oxygen atoms in total. The second-order valence-electron chi connectivity index (χ2n) is 7.26. The van der Waals surface area contributed by atoms with Crippen LogP contribution in [0.15, 0.2) is 59.6 Å². The number of carbonyl (C=O) groups is 2. The minimum absolute atomic E-state index is 0.0170. The van der Waals surface area contributed by atoms with Gasteiger partial charge in [0.1, 0.15) is 12.3 Å². The zero-order valence-electron chi connectivity index (χ0n) is 18.3. The van der Waals surface area contributed by atoms with Crippen molar-refractivity contribution < 1.29 is 19.1 Å². The summed E-state index contributed by atoms with van der Waals surface area (Å²) in [7, 11) is 0. The van der Waals surface area contributed by atoms with Crippen molar-refractivity contribution in [3.8, 4) is 5.75 Å². The van der Waals surface area contributed by atoms with Crippen LogP contribution in [0.3, 0.4) is 0 Å². The van der Waals surface area contributed by atoms with Crippen molar-refractivity contribution >= 4 is 44.2 Å². The molecule has 0 spiro atoms. The number of hydrogen-bond acceptors (Lipinski definition) is 5. The van der Waals surface area contributed by atoms with Crippen LogP contribution in [0.25, 0.3) is 21.0 Å². The minimum atomic E-state index is -0.411. The molecule has 0 unspecified atom stereocenters. The summed E-state index contributed by atoms with van der Waals surface area (Å²) < 4.78 is 13.6. The fourth-order valence-corrected chi connectivity index (χ4v) is 4.77. The number of aromatic nitrogens is 1. The molecule has 3 aromatic carbocycles. The first-order valence-electron chi connectivity index (χ1n) is 10.5. The Labute approximate surface area is 189 Å². The molecule has 0 radical (unpaired) electrons. The number of fused-ring (bicyclic) bond motifs is 2. The molecule has 0 saturated carbocycles. The van der Waals surface area contributed by atoms with Gasteiger partial charge in [-0.2, -0.15) is 4.99 Å². The molecule has 4 aromatic rings. The third kappa shape index (κ3) is 4.29. The van der Waals surface area contributed by atoms with Gasteiger partial charge in [-0.1, -0.05) is 47.7 Å². The van der Waals surface area contributed by atoms with Crippen LogP contribution in [0.2, 0.25) is 0 Å². The average molecular weight is 449 g/mol. The van der Waals surface area contributed by atoms with Crippen LogP contribution in [-0.2, 0) is 16.1 Å². The number of rotatable bonds is 6. The van der Waals surface area contributed by atoms with Crippen molar-refractivity contribution in [2.45, 2.75) is 27.3 Å². The summed E-state index contributed by atoms with van der Waals surface area (Å²) in [6.07, 6.45) is 0. The number of thiazole rings is 1. The smallest absolute Gasteiger partial charge is 0.326 e. The number of ether oxygens (including phenoxy) is 2. The predicted molar refractivity (Wildman–Crippen MR) is 126 cm³/mol. The third-order valence-electron chi connectivity index (χ3n) is 5.03. The maximum absolute atomic E-state index is 13.5. The molecule has 0 aliphatic heterocycles. The zero-order chi connectivity index (χ0) is 22.7. The fraction of sp³-hybridized carbons (Fsp3) is 0.240. The molecule has 1 heterocycles. The minimum Gasteiger partial charge on any atom is -0.493 e. The molecule has 164 valence electrons. The molecule has 0 fully saturated rings. The average Bonchev–Trinajstić information content (AvgIpc) is 3.09. The quantitative estimate of drug-likeness (QED) is 0.395. The molecular weight excluding hydrogens is 424 g/mol. The van der Waals surface area contributed by atoms with Gasteiger partial charge < -0.3 is 14.0 Å². The van der Waals surface area contributed by atoms with Crippen LogP contribution >= 0.6 is 11.3 Å². The highest BCUT2D eigenvalue weighted by Crippen LogP contribution is 2.29. The van der Waals surface area contributed by atoms with E-state index in [0.717, 1.165) is 26.6 Å². The lowest BCUT2D eigenvalue weighted by Crippen LogP contribution is -2.23. The summed E-state index contributed by atoms with van der Waals surface area (Å²) in [6, 6.07) is 17.3. The van der Waals surface area contributed by atoms with Gasteiger partial charge in [-0.15, -0.1) is 0 Å². The Morgan fingerprint density at radius 2 is 1.84 bits per heavy atom. The van der Waals surface area contributed by atoms with E-state index in [9.17, 15) is 9.59 Å². The monoisotopic (exact) mass is 448 g/mol. The molecule has 4 rings (SSSR count). The molecule has 0 atom stereocenters. The highest BCUT2D eigenvalue weighted by molar-refractivity contribution is 7.16. The summed E-state index contributed by atoms with van der Waals surface area (Å²) >= 11 is 1.37. The molecular formula is C25H24N2O4S. The van der Waals surface area contributed by atoms with Crippen LogP contribution in [0.5, 0.6) is 5.75 Å². The number of esters is 1. The molecule has 7 heteroatoms. The lowest BCUT2D eigenvalue weighted by atomic mass is 10.0. The van der Waals surface area contributed by atoms with Crippen molar-refractivity contribution in [1.82, 2.24) is 4.57 Å². The number of benzene rings is 3. The Bertz CT molecular complexity index is 1380. The summed E-state index contributed by atoms with van der Waals surface area (Å²) in [5.74, 6) is -0.290. The van der Waals surface area contributed by atoms with E-state index in [1.807, 2.05) is 62.4 Å². The van der Waals surface area contributed by atoms with Crippen LogP contribution < -0.4 is 9.54 Å². The Morgan fingerprint density at radius 1 is 1.03 bits per heavy atom. The topological polar surface area (TPSA) is 69.9 Å². The van der Waals surface area contributed by atoms with E-state index in [-0.39, 0.29) is 12.5 Å². The second-order valence-corrected chi connectivity index (χ2v) is 8.27. The van der Waals surface area contributed by atoms with Gasteiger partial charge >= 0.3 is 5.97 Å². The fourth-order valence-electron chi connectivity index (χ4n) is 3.64. The predicted octanol–water partition coefficient (Wildman–Crippen LogP) is 4.87. The van der Waals surface area contributed by atoms with E-state index in [1.54, 1.807) is 17.6 Å². The van der Waals surface area contributed by atoms with Crippen molar-refractivity contribution in [2.75, 3.05) is 13.2 Å². The molecule has 1 aromatic heterocycles. The van der Waals surface area contributed by atoms with E-state index in [4.69, 9.17) is 9.47 Å². The zero-order valence-corrected chi connectivity index (χ0v) is 19.1. The van der Waals surface area contributed by atoms with Gasteiger partial charge in [-0.05, 0) is 55.3 Å². The van der Waals surface area contributed by atoms with E-state index >= 15 is 0 Å². The first-order chi connectivity index (χ1) is 15.5. The number of aryl methyl sites for hydroxylation is 1. The number of hydrogen-bond donors (Lipinski definition) is 0. The number of nitrogens with zero attached hydrogens (tertiary/aromatic N) is 2. The van der Waals surface area contributed by atoms with Gasteiger partial charge in [-0.3, -0.25) is 9.59 Å². The molecule has 32 heavy (non-hydrogen) atoms. The normalized spacial score (nSPS) is 11.8. The number of amides is 1. The van der Waals surface area contributed by atoms with Crippen LogP contribution in [0.4, 0.5) is 0 Å². The highest BCUT2D eigenvalue weighted by atomic mass is 32.1. The Balaban J connectivity index is 1.90. The molecule has 0 aliphatic rings. The van der Waals surface area contributed by atoms with Crippen molar-refractivity contribution in [3.63, 3.8) is 0 Å². The first-order valence-corrected chi connectivity index (χ1v) is 11.3. The Morgan fingerprint density at radius 3 is 2.62 bits per heavy atom. The summed E-state index contributed by atoms with van der Waals surface area (Å²) in [4.78, 5) is 30.6. The Kier molecular flexibility index (Phi) is 6.37. The third-order valence-corrected chi connectivity index (χ3v) is 6.07. The lowest BCUT2D eigenvalue weighted by molar-refractivity contribution is -0.143. The van der Waals surface area contributed by atoms with Gasteiger partial charge in [0, 0.05) is 0 Å². The summed E-state index contributed by atoms with van der Waals surface area (Å²) in [6.45, 7) is 6.35. The van der Waals surface area contributed by atoms with Crippen LogP contribution in [0, 0.1) is 6.92 Å². The maximum atomic E-state index is 13.5. The molecule has 0 saturated heterocycles. The molecule has 0 N–H and O–H groups in total. The molecule has 0 bridgehead atoms. The molecule has 1 amide bonds. The van der Waals surface area contributed by atoms with E-state index in [0.29, 0.717) is 29.3 Å². The van der Waals surface area contributed by atoms with Crippen LogP contribution in [-0.4, -0.2) is 29.7 Å². The van der Waals surface area contributed by atoms with E-state index in [1.165, 1.54) is 11.3 Å². The standard InChI is InChI=1S/C25H24N2O4S/c1-4-30-20-13-11-17-8-6-7-9-18(17)23(20)24(29)26-25-27(15-22(28)31-5-2)19-12-10-16(3)14-21(19)32-25/h6-14H,4-5,15H2,1-3H3. The van der Waals surface area contributed by atoms with Gasteiger partial charge in [-0.25, -0.2) is 0 Å². The maximum Gasteiger partial charge on any atom is 0.326 e. The highest BCUT2D eigenvalue weighted by Gasteiger charge is 2.18. The van der Waals surface area contributed by atoms with Crippen molar-refractivity contribution in [1.29, 1.82) is 0 Å². The van der Waals surface area contributed by atoms with Gasteiger partial charge in [0.05, 0.1) is 29.0 Å². The van der Waals surface area contributed by atoms with E-state index in [2.05, 4.69) is 4.99 Å². The van der Waals surface area contributed by atoms with E-state index < -0.39 is 5.91 Å². The summed E-state index contributed by atoms with van der Waals surface area (Å²) in [5.41, 5.74) is 2.34. The largest absolute Gasteiger partial charge is 0.493 e. The first kappa shape index (κ1) is 21.8. The van der Waals surface area contributed by atoms with Crippen molar-refractivity contribution in [3.05, 3.63) is 70.5 Å².